The molecule has 30 heavy (non-hydrogen) atoms. The highest BCUT2D eigenvalue weighted by atomic mass is 16.5. The second-order valence-electron chi connectivity index (χ2n) is 9.35. The number of carbonyl (C=O) groups is 2. The first-order valence-electron chi connectivity index (χ1n) is 10.9. The van der Waals surface area contributed by atoms with Gasteiger partial charge in [-0.3, -0.25) is 20.4 Å². The van der Waals surface area contributed by atoms with Crippen LogP contribution >= 0.6 is 0 Å². The maximum absolute atomic E-state index is 13.5. The highest BCUT2D eigenvalue weighted by Gasteiger charge is 2.67. The molecule has 2 bridgehead atoms. The lowest BCUT2D eigenvalue weighted by atomic mass is 9.76. The molecule has 4 aliphatic rings. The van der Waals surface area contributed by atoms with Gasteiger partial charge in [-0.05, 0) is 30.0 Å². The fourth-order valence-electron chi connectivity index (χ4n) is 5.38. The fourth-order valence-corrected chi connectivity index (χ4v) is 5.38. The second-order valence-corrected chi connectivity index (χ2v) is 9.35. The molecular weight excluding hydrogens is 380 g/mol. The van der Waals surface area contributed by atoms with Gasteiger partial charge in [0.2, 0.25) is 11.8 Å². The van der Waals surface area contributed by atoms with Crippen LogP contribution in [0.5, 0.6) is 0 Å². The molecule has 3 fully saturated rings. The lowest BCUT2D eigenvalue weighted by molar-refractivity contribution is -0.139. The molecule has 1 spiro atoms. The summed E-state index contributed by atoms with van der Waals surface area (Å²) in [6, 6.07) is 8.39. The average Bonchev–Trinajstić information content (AvgIpc) is 3.50. The van der Waals surface area contributed by atoms with Crippen LogP contribution in [0.3, 0.4) is 0 Å². The van der Waals surface area contributed by atoms with Crippen LogP contribution in [0, 0.1) is 11.8 Å². The molecule has 4 aliphatic heterocycles. The van der Waals surface area contributed by atoms with E-state index in [-0.39, 0.29) is 24.0 Å². The number of fused-ring (bicyclic) bond motifs is 1. The van der Waals surface area contributed by atoms with Gasteiger partial charge >= 0.3 is 0 Å². The zero-order valence-corrected chi connectivity index (χ0v) is 17.8. The third-order valence-electron chi connectivity index (χ3n) is 7.05. The molecule has 5 rings (SSSR count). The summed E-state index contributed by atoms with van der Waals surface area (Å²) in [5, 5.41) is 0. The summed E-state index contributed by atoms with van der Waals surface area (Å²) in [6.07, 6.45) is 4.65. The van der Waals surface area contributed by atoms with E-state index in [1.165, 1.54) is 5.56 Å². The number of hydrazine groups is 1. The molecule has 0 aliphatic carbocycles. The SMILES string of the molecule is CC(C)c1ccc(N2C[C@@]34C=C[C@@H](O3)C(C(=O)N(C)CC3CCNN3)C4C2=O)cc1. The minimum absolute atomic E-state index is 0.00437. The van der Waals surface area contributed by atoms with Crippen LogP contribution in [0.4, 0.5) is 5.69 Å². The average molecular weight is 411 g/mol. The van der Waals surface area contributed by atoms with Crippen LogP contribution in [0.15, 0.2) is 36.4 Å². The van der Waals surface area contributed by atoms with E-state index in [9.17, 15) is 9.59 Å². The van der Waals surface area contributed by atoms with E-state index in [4.69, 9.17) is 4.74 Å². The molecule has 1 aromatic rings. The maximum Gasteiger partial charge on any atom is 0.234 e. The number of rotatable bonds is 5. The van der Waals surface area contributed by atoms with Gasteiger partial charge < -0.3 is 14.5 Å². The van der Waals surface area contributed by atoms with Crippen molar-refractivity contribution in [2.75, 3.05) is 31.6 Å². The third kappa shape index (κ3) is 2.99. The summed E-state index contributed by atoms with van der Waals surface area (Å²) in [4.78, 5) is 30.4. The maximum atomic E-state index is 13.5. The summed E-state index contributed by atoms with van der Waals surface area (Å²) in [6.45, 7) is 6.29. The monoisotopic (exact) mass is 410 g/mol. The van der Waals surface area contributed by atoms with Gasteiger partial charge in [0.1, 0.15) is 5.60 Å². The Morgan fingerprint density at radius 1 is 1.33 bits per heavy atom. The Hall–Kier alpha value is -2.22. The van der Waals surface area contributed by atoms with Gasteiger partial charge in [-0.25, -0.2) is 0 Å². The molecule has 7 nitrogen and oxygen atoms in total. The van der Waals surface area contributed by atoms with Crippen LogP contribution in [0.2, 0.25) is 0 Å². The van der Waals surface area contributed by atoms with Crippen molar-refractivity contribution in [1.82, 2.24) is 15.8 Å². The second kappa shape index (κ2) is 7.18. The normalized spacial score (nSPS) is 34.3. The van der Waals surface area contributed by atoms with E-state index in [0.717, 1.165) is 18.7 Å². The molecule has 0 aromatic heterocycles. The number of benzene rings is 1. The topological polar surface area (TPSA) is 73.9 Å². The molecular formula is C23H30N4O3. The Labute approximate surface area is 177 Å². The van der Waals surface area contributed by atoms with E-state index in [1.54, 1.807) is 9.80 Å². The minimum atomic E-state index is -0.688. The van der Waals surface area contributed by atoms with Crippen LogP contribution in [-0.4, -0.2) is 61.1 Å². The van der Waals surface area contributed by atoms with Gasteiger partial charge in [0.05, 0.1) is 24.5 Å². The fraction of sp³-hybridized carbons (Fsp3) is 0.565. The molecule has 5 atom stereocenters. The van der Waals surface area contributed by atoms with Crippen molar-refractivity contribution in [2.45, 2.75) is 43.9 Å². The van der Waals surface area contributed by atoms with Gasteiger partial charge in [-0.2, -0.15) is 0 Å². The number of amides is 2. The van der Waals surface area contributed by atoms with Crippen LogP contribution < -0.4 is 15.8 Å². The van der Waals surface area contributed by atoms with E-state index in [0.29, 0.717) is 19.0 Å². The predicted molar refractivity (Wildman–Crippen MR) is 114 cm³/mol. The molecule has 1 aromatic carbocycles. The molecule has 7 heteroatoms. The lowest BCUT2D eigenvalue weighted by Crippen LogP contribution is -2.48. The highest BCUT2D eigenvalue weighted by molar-refractivity contribution is 6.03. The largest absolute Gasteiger partial charge is 0.360 e. The first-order chi connectivity index (χ1) is 14.4. The van der Waals surface area contributed by atoms with Crippen molar-refractivity contribution in [3.05, 3.63) is 42.0 Å². The molecule has 0 radical (unpaired) electrons. The minimum Gasteiger partial charge on any atom is -0.360 e. The summed E-state index contributed by atoms with van der Waals surface area (Å²) < 4.78 is 6.27. The van der Waals surface area contributed by atoms with Gasteiger partial charge in [0, 0.05) is 31.9 Å². The summed E-state index contributed by atoms with van der Waals surface area (Å²) >= 11 is 0. The van der Waals surface area contributed by atoms with Crippen LogP contribution in [0.25, 0.3) is 0 Å². The third-order valence-corrected chi connectivity index (χ3v) is 7.05. The summed E-state index contributed by atoms with van der Waals surface area (Å²) in [5.74, 6) is -0.485. The van der Waals surface area contributed by atoms with Crippen LogP contribution in [-0.2, 0) is 14.3 Å². The highest BCUT2D eigenvalue weighted by Crippen LogP contribution is 2.53. The van der Waals surface area contributed by atoms with E-state index in [1.807, 2.05) is 31.3 Å². The number of ether oxygens (including phenoxy) is 1. The molecule has 2 N–H and O–H groups in total. The summed E-state index contributed by atoms with van der Waals surface area (Å²) in [5.41, 5.74) is 7.73. The standard InChI is InChI=1S/C23H30N4O3/c1-14(2)15-4-6-17(7-5-15)27-13-23-10-8-18(30-23)19(20(23)22(27)29)21(28)26(3)12-16-9-11-24-25-16/h4-8,10,14,16,18-20,24-25H,9,11-13H2,1-3H3/t16?,18-,19?,20?,23-/m1/s1. The van der Waals surface area contributed by atoms with Crippen molar-refractivity contribution in [2.24, 2.45) is 11.8 Å². The van der Waals surface area contributed by atoms with Crippen molar-refractivity contribution < 1.29 is 14.3 Å². The Morgan fingerprint density at radius 2 is 2.10 bits per heavy atom. The van der Waals surface area contributed by atoms with Gasteiger partial charge in [0.25, 0.3) is 0 Å². The summed E-state index contributed by atoms with van der Waals surface area (Å²) in [7, 11) is 1.83. The molecule has 0 saturated carbocycles. The predicted octanol–water partition coefficient (Wildman–Crippen LogP) is 1.42. The first kappa shape index (κ1) is 19.7. The zero-order chi connectivity index (χ0) is 21.0. The molecule has 3 saturated heterocycles. The van der Waals surface area contributed by atoms with Crippen molar-refractivity contribution in [3.8, 4) is 0 Å². The quantitative estimate of drug-likeness (QED) is 0.719. The van der Waals surface area contributed by atoms with Gasteiger partial charge in [-0.15, -0.1) is 0 Å². The lowest BCUT2D eigenvalue weighted by Gasteiger charge is -2.29. The van der Waals surface area contributed by atoms with E-state index in [2.05, 4.69) is 36.8 Å². The first-order valence-corrected chi connectivity index (χ1v) is 10.9. The molecule has 3 unspecified atom stereocenters. The van der Waals surface area contributed by atoms with Gasteiger partial charge in [-0.1, -0.05) is 38.1 Å². The van der Waals surface area contributed by atoms with E-state index < -0.39 is 17.4 Å². The number of likely N-dealkylation sites (N-methyl/N-ethyl adjacent to an activating group) is 1. The number of nitrogens with zero attached hydrogens (tertiary/aromatic N) is 2. The number of nitrogens with one attached hydrogen (secondary N) is 2. The number of hydrogen-bond acceptors (Lipinski definition) is 5. The van der Waals surface area contributed by atoms with Crippen molar-refractivity contribution in [1.29, 1.82) is 0 Å². The van der Waals surface area contributed by atoms with E-state index >= 15 is 0 Å². The van der Waals surface area contributed by atoms with Gasteiger partial charge in [0.15, 0.2) is 0 Å². The van der Waals surface area contributed by atoms with Crippen molar-refractivity contribution in [3.63, 3.8) is 0 Å². The number of hydrogen-bond donors (Lipinski definition) is 2. The van der Waals surface area contributed by atoms with Crippen molar-refractivity contribution >= 4 is 17.5 Å². The zero-order valence-electron chi connectivity index (χ0n) is 17.8. The molecule has 2 amide bonds. The Bertz CT molecular complexity index is 877. The Morgan fingerprint density at radius 3 is 2.77 bits per heavy atom. The number of carbonyl (C=O) groups excluding carboxylic acids is 2. The van der Waals surface area contributed by atoms with Crippen LogP contribution in [0.1, 0.15) is 31.7 Å². The smallest absolute Gasteiger partial charge is 0.234 e. The Balaban J connectivity index is 1.37. The molecule has 4 heterocycles. The number of anilines is 1. The molecule has 160 valence electrons. The Kier molecular flexibility index (Phi) is 4.72.